The predicted octanol–water partition coefficient (Wildman–Crippen LogP) is 2.84. The number of piperazine rings is 1. The monoisotopic (exact) mass is 296 g/mol. The van der Waals surface area contributed by atoms with Crippen LogP contribution in [0.4, 0.5) is 13.2 Å². The topological polar surface area (TPSA) is 32.3 Å². The van der Waals surface area contributed by atoms with E-state index in [2.05, 4.69) is 5.32 Å². The van der Waals surface area contributed by atoms with Crippen molar-refractivity contribution in [2.45, 2.75) is 19.1 Å². The second-order valence-electron chi connectivity index (χ2n) is 5.25. The first kappa shape index (κ1) is 14.1. The first-order valence-corrected chi connectivity index (χ1v) is 6.83. The van der Waals surface area contributed by atoms with E-state index in [-0.39, 0.29) is 11.6 Å². The van der Waals surface area contributed by atoms with E-state index >= 15 is 0 Å². The van der Waals surface area contributed by atoms with Crippen LogP contribution in [-0.4, -0.2) is 30.4 Å². The fourth-order valence-electron chi connectivity index (χ4n) is 3.07. The normalized spacial score (nSPS) is 21.8. The summed E-state index contributed by atoms with van der Waals surface area (Å²) in [5, 5.41) is 3.13. The molecule has 1 aromatic rings. The zero-order chi connectivity index (χ0) is 15.2. The summed E-state index contributed by atoms with van der Waals surface area (Å²) >= 11 is 0. The highest BCUT2D eigenvalue weighted by atomic mass is 19.4. The Bertz CT molecular complexity index is 622. The molecule has 0 aromatic heterocycles. The second-order valence-corrected chi connectivity index (χ2v) is 5.25. The highest BCUT2D eigenvalue weighted by molar-refractivity contribution is 6.01. The van der Waals surface area contributed by atoms with Gasteiger partial charge in [0.2, 0.25) is 0 Å². The molecular formula is C15H15F3N2O. The van der Waals surface area contributed by atoms with E-state index in [0.717, 1.165) is 6.07 Å². The van der Waals surface area contributed by atoms with Crippen molar-refractivity contribution in [1.82, 2.24) is 10.2 Å². The molecule has 6 heteroatoms. The summed E-state index contributed by atoms with van der Waals surface area (Å²) in [6, 6.07) is 2.45. The van der Waals surface area contributed by atoms with E-state index in [1.54, 1.807) is 25.1 Å². The number of halogens is 3. The number of benzene rings is 1. The number of nitrogens with one attached hydrogen (secondary N) is 1. The van der Waals surface area contributed by atoms with Crippen LogP contribution in [0.3, 0.4) is 0 Å². The number of rotatable bonds is 1. The summed E-state index contributed by atoms with van der Waals surface area (Å²) < 4.78 is 39.9. The third kappa shape index (κ3) is 2.23. The van der Waals surface area contributed by atoms with Crippen molar-refractivity contribution in [3.8, 4) is 0 Å². The van der Waals surface area contributed by atoms with Gasteiger partial charge in [0.25, 0.3) is 5.91 Å². The number of fused-ring (bicyclic) bond motifs is 3. The Labute approximate surface area is 120 Å². The van der Waals surface area contributed by atoms with Gasteiger partial charge < -0.3 is 10.2 Å². The lowest BCUT2D eigenvalue weighted by molar-refractivity contribution is -0.137. The zero-order valence-corrected chi connectivity index (χ0v) is 11.5. The maximum absolute atomic E-state index is 13.3. The molecule has 1 atom stereocenters. The Morgan fingerprint density at radius 2 is 2.14 bits per heavy atom. The molecular weight excluding hydrogens is 281 g/mol. The van der Waals surface area contributed by atoms with E-state index in [1.165, 1.54) is 4.90 Å². The molecule has 21 heavy (non-hydrogen) atoms. The van der Waals surface area contributed by atoms with E-state index in [9.17, 15) is 18.0 Å². The Morgan fingerprint density at radius 3 is 2.81 bits per heavy atom. The zero-order valence-electron chi connectivity index (χ0n) is 11.5. The number of nitrogens with zero attached hydrogens (tertiary/aromatic N) is 1. The number of amides is 1. The largest absolute Gasteiger partial charge is 0.417 e. The molecule has 1 saturated heterocycles. The first-order chi connectivity index (χ1) is 9.93. The predicted molar refractivity (Wildman–Crippen MR) is 72.8 cm³/mol. The van der Waals surface area contributed by atoms with Gasteiger partial charge in [-0.1, -0.05) is 12.2 Å². The lowest BCUT2D eigenvalue weighted by Crippen LogP contribution is -2.44. The lowest BCUT2D eigenvalue weighted by Gasteiger charge is -2.30. The molecule has 1 fully saturated rings. The molecule has 0 aliphatic carbocycles. The van der Waals surface area contributed by atoms with Crippen molar-refractivity contribution >= 4 is 12.0 Å². The number of carbonyl (C=O) groups excluding carboxylic acids is 1. The maximum Gasteiger partial charge on any atom is 0.417 e. The summed E-state index contributed by atoms with van der Waals surface area (Å²) in [5.74, 6) is -0.504. The number of allylic oxidation sites excluding steroid dienone is 1. The minimum atomic E-state index is -4.53. The molecule has 0 radical (unpaired) electrons. The van der Waals surface area contributed by atoms with E-state index in [4.69, 9.17) is 0 Å². The highest BCUT2D eigenvalue weighted by Gasteiger charge is 2.45. The smallest absolute Gasteiger partial charge is 0.329 e. The summed E-state index contributed by atoms with van der Waals surface area (Å²) in [4.78, 5) is 13.9. The molecule has 0 unspecified atom stereocenters. The van der Waals surface area contributed by atoms with Gasteiger partial charge in [-0.05, 0) is 30.2 Å². The summed E-state index contributed by atoms with van der Waals surface area (Å²) in [7, 11) is 0. The van der Waals surface area contributed by atoms with Gasteiger partial charge >= 0.3 is 6.18 Å². The van der Waals surface area contributed by atoms with Gasteiger partial charge in [0, 0.05) is 19.6 Å². The van der Waals surface area contributed by atoms with Crippen molar-refractivity contribution in [2.24, 2.45) is 0 Å². The third-order valence-corrected chi connectivity index (χ3v) is 3.93. The van der Waals surface area contributed by atoms with Crippen molar-refractivity contribution < 1.29 is 18.0 Å². The Hall–Kier alpha value is -1.82. The van der Waals surface area contributed by atoms with Gasteiger partial charge in [-0.2, -0.15) is 13.2 Å². The van der Waals surface area contributed by atoms with E-state index in [1.807, 2.05) is 0 Å². The number of hydrogen-bond acceptors (Lipinski definition) is 2. The second kappa shape index (κ2) is 4.87. The average Bonchev–Trinajstić information content (AvgIpc) is 2.72. The molecule has 0 saturated carbocycles. The van der Waals surface area contributed by atoms with Gasteiger partial charge in [0.15, 0.2) is 0 Å². The summed E-state index contributed by atoms with van der Waals surface area (Å²) in [5.41, 5.74) is -0.0455. The van der Waals surface area contributed by atoms with Crippen LogP contribution >= 0.6 is 0 Å². The Morgan fingerprint density at radius 1 is 1.38 bits per heavy atom. The van der Waals surface area contributed by atoms with Crippen LogP contribution in [0.25, 0.3) is 6.08 Å². The minimum Gasteiger partial charge on any atom is -0.329 e. The number of carbonyl (C=O) groups is 1. The van der Waals surface area contributed by atoms with Crippen LogP contribution < -0.4 is 5.32 Å². The molecule has 2 aliphatic rings. The summed E-state index contributed by atoms with van der Waals surface area (Å²) in [6.45, 7) is 3.29. The SMILES string of the molecule is CC=Cc1cc2c(c(C(F)(F)F)c1)C(=O)N1CCNC[C@@H]21. The molecule has 1 amide bonds. The molecule has 2 aliphatic heterocycles. The maximum atomic E-state index is 13.3. The molecule has 112 valence electrons. The molecule has 3 rings (SSSR count). The van der Waals surface area contributed by atoms with Crippen molar-refractivity contribution in [3.63, 3.8) is 0 Å². The van der Waals surface area contributed by atoms with Gasteiger partial charge in [-0.25, -0.2) is 0 Å². The molecule has 1 N–H and O–H groups in total. The molecule has 0 bridgehead atoms. The fourth-order valence-corrected chi connectivity index (χ4v) is 3.07. The van der Waals surface area contributed by atoms with Crippen molar-refractivity contribution in [2.75, 3.05) is 19.6 Å². The van der Waals surface area contributed by atoms with Crippen molar-refractivity contribution in [1.29, 1.82) is 0 Å². The molecule has 3 nitrogen and oxygen atoms in total. The van der Waals surface area contributed by atoms with Gasteiger partial charge in [-0.15, -0.1) is 0 Å². The van der Waals surface area contributed by atoms with Gasteiger partial charge in [0.1, 0.15) is 0 Å². The Kier molecular flexibility index (Phi) is 3.28. The van der Waals surface area contributed by atoms with Crippen LogP contribution in [0, 0.1) is 0 Å². The average molecular weight is 296 g/mol. The van der Waals surface area contributed by atoms with Gasteiger partial charge in [0.05, 0.1) is 17.2 Å². The van der Waals surface area contributed by atoms with E-state index in [0.29, 0.717) is 30.8 Å². The lowest BCUT2D eigenvalue weighted by atomic mass is 9.95. The number of alkyl halides is 3. The fraction of sp³-hybridized carbons (Fsp3) is 0.400. The van der Waals surface area contributed by atoms with Crippen molar-refractivity contribution in [3.05, 3.63) is 40.5 Å². The van der Waals surface area contributed by atoms with Gasteiger partial charge in [-0.3, -0.25) is 4.79 Å². The third-order valence-electron chi connectivity index (χ3n) is 3.93. The quantitative estimate of drug-likeness (QED) is 0.864. The van der Waals surface area contributed by atoms with Crippen LogP contribution in [-0.2, 0) is 6.18 Å². The molecule has 1 aromatic carbocycles. The summed E-state index contributed by atoms with van der Waals surface area (Å²) in [6.07, 6.45) is -1.21. The molecule has 2 heterocycles. The van der Waals surface area contributed by atoms with Crippen LogP contribution in [0.15, 0.2) is 18.2 Å². The number of hydrogen-bond donors (Lipinski definition) is 1. The first-order valence-electron chi connectivity index (χ1n) is 6.83. The van der Waals surface area contributed by atoms with Crippen LogP contribution in [0.5, 0.6) is 0 Å². The minimum absolute atomic E-state index is 0.176. The van der Waals surface area contributed by atoms with E-state index < -0.39 is 17.6 Å². The van der Waals surface area contributed by atoms with Crippen LogP contribution in [0.1, 0.15) is 40.0 Å². The Balaban J connectivity index is 2.22. The highest BCUT2D eigenvalue weighted by Crippen LogP contribution is 2.42. The molecule has 0 spiro atoms. The standard InChI is InChI=1S/C15H15F3N2O/c1-2-3-9-6-10-12-8-19-4-5-20(12)14(21)13(10)11(7-9)15(16,17)18/h2-3,6-7,12,19H,4-5,8H2,1H3/t12-/m0/s1. The van der Waals surface area contributed by atoms with Crippen LogP contribution in [0.2, 0.25) is 0 Å².